The second-order valence-electron chi connectivity index (χ2n) is 21.5. The number of aliphatic carboxylic acids is 1. The third-order valence-electron chi connectivity index (χ3n) is 11.1. The predicted octanol–water partition coefficient (Wildman–Crippen LogP) is 9.13. The van der Waals surface area contributed by atoms with Gasteiger partial charge >= 0.3 is 31.2 Å². The van der Waals surface area contributed by atoms with Gasteiger partial charge < -0.3 is 33.7 Å². The van der Waals surface area contributed by atoms with E-state index in [4.69, 9.17) is 38.8 Å². The molecule has 2 N–H and O–H groups in total. The number of aliphatic hydroxyl groups excluding tert-OH is 1. The van der Waals surface area contributed by atoms with E-state index in [0.29, 0.717) is 6.54 Å². The second-order valence-corrected chi connectivity index (χ2v) is 21.5. The lowest BCUT2D eigenvalue weighted by molar-refractivity contribution is -0.157. The summed E-state index contributed by atoms with van der Waals surface area (Å²) in [5.41, 5.74) is 1.81. The number of aromatic nitrogens is 2. The number of esters is 1. The van der Waals surface area contributed by atoms with Crippen LogP contribution in [0, 0.1) is 0 Å². The van der Waals surface area contributed by atoms with Crippen molar-refractivity contribution in [2.24, 2.45) is 0 Å². The summed E-state index contributed by atoms with van der Waals surface area (Å²) in [5, 5.41) is 22.4. The van der Waals surface area contributed by atoms with Crippen LogP contribution in [0.3, 0.4) is 0 Å². The molecule has 73 heavy (non-hydrogen) atoms. The Balaban J connectivity index is 0.000000240. The van der Waals surface area contributed by atoms with E-state index in [1.165, 1.54) is 6.08 Å². The van der Waals surface area contributed by atoms with Crippen molar-refractivity contribution in [2.45, 2.75) is 143 Å². The number of hydrogen-bond acceptors (Lipinski definition) is 13. The Labute approximate surface area is 429 Å². The van der Waals surface area contributed by atoms with Gasteiger partial charge in [0.15, 0.2) is 0 Å². The fraction of sp³-hybridized carbons (Fsp3) is 0.436. The number of benzene rings is 3. The van der Waals surface area contributed by atoms with Crippen LogP contribution in [-0.4, -0.2) is 114 Å². The standard InChI is InChI=1S/C28H29BN2O2.C10H15NO3.C9H13NO4.C8H14O4/c1-26(2)27(3,4)33-29(32-26)25-20-21-31(30-25)28(22-14-8-5-9-15-22,23-16-10-6-11-17-23)24-18-12-7-13-19-24;1-7-5-8(12)11(6-7)9(13)14-10(2,3)4;1-9(2,3)14-8(13)10-5-6(11)4-7(10)12;1-8(2,3)12-7(11)5-4-6(9)10/h5-21H,1-4H3;5H,6H2,1-4H3;4,11H,5H2,1-3H3;4-5H2,1-3H3,(H,9,10). The molecule has 0 bridgehead atoms. The maximum absolute atomic E-state index is 11.5. The Morgan fingerprint density at radius 1 is 0.616 bits per heavy atom. The zero-order chi connectivity index (χ0) is 54.7. The van der Waals surface area contributed by atoms with Gasteiger partial charge in [0.05, 0.1) is 42.7 Å². The summed E-state index contributed by atoms with van der Waals surface area (Å²) in [5.74, 6) is -2.42. The number of hydrogen-bond donors (Lipinski definition) is 2. The molecule has 0 spiro atoms. The van der Waals surface area contributed by atoms with Crippen LogP contribution in [0.5, 0.6) is 0 Å². The van der Waals surface area contributed by atoms with Crippen LogP contribution in [0.1, 0.15) is 126 Å². The first-order chi connectivity index (χ1) is 33.7. The number of ether oxygens (including phenoxy) is 3. The molecule has 1 saturated heterocycles. The smallest absolute Gasteiger partial charge is 0.510 e. The fourth-order valence-corrected chi connectivity index (χ4v) is 7.26. The normalized spacial score (nSPS) is 16.1. The lowest BCUT2D eigenvalue weighted by Gasteiger charge is -2.36. The maximum atomic E-state index is 11.5. The quantitative estimate of drug-likeness (QED) is 0.0729. The Hall–Kier alpha value is -7.05. The Morgan fingerprint density at radius 2 is 1.01 bits per heavy atom. The average Bonchev–Trinajstić information content (AvgIpc) is 4.04. The zero-order valence-corrected chi connectivity index (χ0v) is 44.5. The van der Waals surface area contributed by atoms with Crippen LogP contribution in [-0.2, 0) is 48.2 Å². The molecule has 4 heterocycles. The Bertz CT molecular complexity index is 2450. The fourth-order valence-electron chi connectivity index (χ4n) is 7.26. The largest absolute Gasteiger partial charge is 0.516 e. The molecular formula is C55H71BN4O13. The zero-order valence-electron chi connectivity index (χ0n) is 44.5. The maximum Gasteiger partial charge on any atom is 0.516 e. The van der Waals surface area contributed by atoms with Crippen LogP contribution in [0.15, 0.2) is 127 Å². The lowest BCUT2D eigenvalue weighted by Crippen LogP contribution is -2.41. The average molecular weight is 1010 g/mol. The van der Waals surface area contributed by atoms with Gasteiger partial charge in [-0.15, -0.1) is 0 Å². The van der Waals surface area contributed by atoms with Gasteiger partial charge in [-0.1, -0.05) is 91.0 Å². The number of aliphatic hydroxyl groups is 1. The number of nitrogens with zero attached hydrogens (tertiary/aromatic N) is 4. The van der Waals surface area contributed by atoms with Gasteiger partial charge in [-0.3, -0.25) is 23.9 Å². The molecule has 4 amide bonds. The molecule has 1 aromatic heterocycles. The van der Waals surface area contributed by atoms with Gasteiger partial charge in [0.2, 0.25) is 0 Å². The predicted molar refractivity (Wildman–Crippen MR) is 276 cm³/mol. The topological polar surface area (TPSA) is 213 Å². The Morgan fingerprint density at radius 3 is 1.36 bits per heavy atom. The van der Waals surface area contributed by atoms with Crippen LogP contribution in [0.4, 0.5) is 9.59 Å². The SMILES string of the molecule is CC(C)(C)OC(=O)CCC(=O)O.CC(C)(C)OC(=O)N1CC(O)=CC1=O.CC1(C)OB(c2ccn(C(c3ccccc3)(c3ccccc3)c3ccccc3)n2)OC1(C)C.CC1=CC(=O)N(C(=O)OC(C)(C)C)C1. The molecule has 3 aliphatic heterocycles. The first-order valence-corrected chi connectivity index (χ1v) is 23.9. The second kappa shape index (κ2) is 23.7. The molecule has 18 heteroatoms. The molecule has 4 aromatic rings. The van der Waals surface area contributed by atoms with Crippen molar-refractivity contribution in [2.75, 3.05) is 13.1 Å². The molecule has 17 nitrogen and oxygen atoms in total. The summed E-state index contributed by atoms with van der Waals surface area (Å²) < 4.78 is 29.6. The third-order valence-corrected chi connectivity index (χ3v) is 11.1. The molecule has 7 rings (SSSR count). The van der Waals surface area contributed by atoms with E-state index in [-0.39, 0.29) is 31.1 Å². The Kier molecular flexibility index (Phi) is 19.0. The minimum atomic E-state index is -0.985. The summed E-state index contributed by atoms with van der Waals surface area (Å²) in [7, 11) is -0.517. The van der Waals surface area contributed by atoms with Crippen molar-refractivity contribution in [3.05, 3.63) is 143 Å². The van der Waals surface area contributed by atoms with Crippen molar-refractivity contribution in [3.63, 3.8) is 0 Å². The van der Waals surface area contributed by atoms with Crippen molar-refractivity contribution in [1.29, 1.82) is 0 Å². The van der Waals surface area contributed by atoms with Crippen molar-refractivity contribution >= 4 is 48.7 Å². The summed E-state index contributed by atoms with van der Waals surface area (Å²) in [6.45, 7) is 25.9. The molecule has 1 fully saturated rings. The van der Waals surface area contributed by atoms with Gasteiger partial charge in [0, 0.05) is 18.3 Å². The molecule has 3 aromatic carbocycles. The third kappa shape index (κ3) is 16.5. The monoisotopic (exact) mass is 1010 g/mol. The molecular weight excluding hydrogens is 935 g/mol. The van der Waals surface area contributed by atoms with E-state index in [1.807, 2.05) is 42.1 Å². The molecule has 0 unspecified atom stereocenters. The number of carboxylic acids is 1. The highest BCUT2D eigenvalue weighted by molar-refractivity contribution is 6.61. The summed E-state index contributed by atoms with van der Waals surface area (Å²) in [4.78, 5) is 68.1. The van der Waals surface area contributed by atoms with Crippen LogP contribution in [0.2, 0.25) is 0 Å². The minimum absolute atomic E-state index is 0.0629. The minimum Gasteiger partial charge on any atom is -0.510 e. The number of imide groups is 2. The summed E-state index contributed by atoms with van der Waals surface area (Å²) in [6, 6.07) is 33.6. The number of carbonyl (C=O) groups is 6. The van der Waals surface area contributed by atoms with Gasteiger partial charge in [-0.05, 0) is 125 Å². The van der Waals surface area contributed by atoms with E-state index >= 15 is 0 Å². The van der Waals surface area contributed by atoms with E-state index < -0.39 is 70.7 Å². The molecule has 3 aliphatic rings. The number of amides is 4. The highest BCUT2D eigenvalue weighted by Gasteiger charge is 2.53. The molecule has 0 saturated carbocycles. The van der Waals surface area contributed by atoms with Crippen LogP contribution in [0.25, 0.3) is 0 Å². The van der Waals surface area contributed by atoms with E-state index in [1.54, 1.807) is 62.3 Å². The summed E-state index contributed by atoms with van der Waals surface area (Å²) in [6.07, 6.45) is 2.95. The molecule has 0 radical (unpaired) electrons. The van der Waals surface area contributed by atoms with E-state index in [0.717, 1.165) is 43.7 Å². The first-order valence-electron chi connectivity index (χ1n) is 23.9. The number of rotatable bonds is 8. The number of carbonyl (C=O) groups excluding carboxylic acids is 5. The van der Waals surface area contributed by atoms with Gasteiger partial charge in [0.1, 0.15) is 28.1 Å². The van der Waals surface area contributed by atoms with Crippen molar-refractivity contribution < 1.29 is 62.5 Å². The van der Waals surface area contributed by atoms with E-state index in [9.17, 15) is 28.8 Å². The van der Waals surface area contributed by atoms with Gasteiger partial charge in [-0.2, -0.15) is 5.10 Å². The molecule has 0 atom stereocenters. The van der Waals surface area contributed by atoms with Gasteiger partial charge in [-0.25, -0.2) is 19.4 Å². The first kappa shape index (κ1) is 58.5. The lowest BCUT2D eigenvalue weighted by atomic mass is 9.77. The highest BCUT2D eigenvalue weighted by atomic mass is 16.7. The van der Waals surface area contributed by atoms with Crippen LogP contribution < -0.4 is 5.59 Å². The highest BCUT2D eigenvalue weighted by Crippen LogP contribution is 2.41. The molecule has 392 valence electrons. The van der Waals surface area contributed by atoms with E-state index in [2.05, 4.69) is 100 Å². The van der Waals surface area contributed by atoms with Crippen LogP contribution >= 0.6 is 0 Å². The number of carboxylic acid groups (broad SMARTS) is 1. The summed E-state index contributed by atoms with van der Waals surface area (Å²) >= 11 is 0. The van der Waals surface area contributed by atoms with Crippen molar-refractivity contribution in [3.8, 4) is 0 Å². The molecule has 0 aliphatic carbocycles. The van der Waals surface area contributed by atoms with Crippen molar-refractivity contribution in [1.82, 2.24) is 19.6 Å². The van der Waals surface area contributed by atoms with Gasteiger partial charge in [0.25, 0.3) is 11.8 Å².